The lowest BCUT2D eigenvalue weighted by Gasteiger charge is -2.05. The lowest BCUT2D eigenvalue weighted by atomic mass is 10.1. The number of aryl methyl sites for hydroxylation is 1. The van der Waals surface area contributed by atoms with Crippen LogP contribution in [0, 0.1) is 6.92 Å². The SMILES string of the molecule is C/C(=N/OCc1ccccc1)c1ccc(O)c(C)c1. The zero-order chi connectivity index (χ0) is 13.7. The van der Waals surface area contributed by atoms with Gasteiger partial charge in [-0.05, 0) is 48.7 Å². The first-order valence-corrected chi connectivity index (χ1v) is 6.17. The molecular weight excluding hydrogens is 238 g/mol. The third-order valence-corrected chi connectivity index (χ3v) is 2.89. The van der Waals surface area contributed by atoms with E-state index in [2.05, 4.69) is 5.16 Å². The van der Waals surface area contributed by atoms with Crippen molar-refractivity contribution in [3.63, 3.8) is 0 Å². The zero-order valence-electron chi connectivity index (χ0n) is 11.1. The third kappa shape index (κ3) is 3.58. The van der Waals surface area contributed by atoms with E-state index in [1.165, 1.54) is 0 Å². The lowest BCUT2D eigenvalue weighted by Crippen LogP contribution is -1.97. The van der Waals surface area contributed by atoms with Crippen molar-refractivity contribution in [2.45, 2.75) is 20.5 Å². The van der Waals surface area contributed by atoms with Gasteiger partial charge in [0, 0.05) is 0 Å². The van der Waals surface area contributed by atoms with Gasteiger partial charge >= 0.3 is 0 Å². The van der Waals surface area contributed by atoms with Crippen LogP contribution in [0.2, 0.25) is 0 Å². The highest BCUT2D eigenvalue weighted by Gasteiger charge is 2.01. The van der Waals surface area contributed by atoms with Crippen LogP contribution in [-0.4, -0.2) is 10.8 Å². The van der Waals surface area contributed by atoms with E-state index in [0.717, 1.165) is 22.4 Å². The minimum absolute atomic E-state index is 0.293. The maximum absolute atomic E-state index is 9.48. The second-order valence-corrected chi connectivity index (χ2v) is 4.44. The van der Waals surface area contributed by atoms with Crippen molar-refractivity contribution >= 4 is 5.71 Å². The van der Waals surface area contributed by atoms with Crippen LogP contribution in [0.3, 0.4) is 0 Å². The van der Waals surface area contributed by atoms with Crippen molar-refractivity contribution in [2.24, 2.45) is 5.16 Å². The molecule has 0 unspecified atom stereocenters. The summed E-state index contributed by atoms with van der Waals surface area (Å²) < 4.78 is 0. The van der Waals surface area contributed by atoms with E-state index in [0.29, 0.717) is 12.4 Å². The van der Waals surface area contributed by atoms with E-state index >= 15 is 0 Å². The molecule has 0 spiro atoms. The van der Waals surface area contributed by atoms with Gasteiger partial charge in [-0.1, -0.05) is 35.5 Å². The van der Waals surface area contributed by atoms with Crippen LogP contribution in [0.15, 0.2) is 53.7 Å². The first-order valence-electron chi connectivity index (χ1n) is 6.17. The minimum atomic E-state index is 0.293. The Morgan fingerprint density at radius 3 is 2.58 bits per heavy atom. The Bertz CT molecular complexity index is 577. The Balaban J connectivity index is 2.01. The van der Waals surface area contributed by atoms with Crippen LogP contribution in [0.1, 0.15) is 23.6 Å². The molecule has 0 aliphatic heterocycles. The predicted octanol–water partition coefficient (Wildman–Crippen LogP) is 3.64. The fourth-order valence-electron chi connectivity index (χ4n) is 1.71. The van der Waals surface area contributed by atoms with Gasteiger partial charge in [-0.25, -0.2) is 0 Å². The summed E-state index contributed by atoms with van der Waals surface area (Å²) in [5, 5.41) is 13.6. The van der Waals surface area contributed by atoms with Gasteiger partial charge in [-0.2, -0.15) is 0 Å². The summed E-state index contributed by atoms with van der Waals surface area (Å²) in [6.07, 6.45) is 0. The summed E-state index contributed by atoms with van der Waals surface area (Å²) in [7, 11) is 0. The summed E-state index contributed by atoms with van der Waals surface area (Å²) in [5.74, 6) is 0.293. The number of phenolic OH excluding ortho intramolecular Hbond substituents is 1. The van der Waals surface area contributed by atoms with Crippen LogP contribution >= 0.6 is 0 Å². The van der Waals surface area contributed by atoms with Gasteiger partial charge in [0.15, 0.2) is 0 Å². The molecule has 0 heterocycles. The molecule has 0 fully saturated rings. The summed E-state index contributed by atoms with van der Waals surface area (Å²) in [5.41, 5.74) is 3.65. The van der Waals surface area contributed by atoms with E-state index in [4.69, 9.17) is 4.84 Å². The Kier molecular flexibility index (Phi) is 4.18. The molecule has 2 rings (SSSR count). The van der Waals surface area contributed by atoms with E-state index in [9.17, 15) is 5.11 Å². The Labute approximate surface area is 113 Å². The van der Waals surface area contributed by atoms with Crippen molar-refractivity contribution in [3.8, 4) is 5.75 Å². The molecule has 0 atom stereocenters. The monoisotopic (exact) mass is 255 g/mol. The molecule has 0 aromatic heterocycles. The Morgan fingerprint density at radius 1 is 1.16 bits per heavy atom. The molecule has 0 aliphatic rings. The van der Waals surface area contributed by atoms with Crippen molar-refractivity contribution < 1.29 is 9.94 Å². The van der Waals surface area contributed by atoms with Crippen LogP contribution in [0.5, 0.6) is 5.75 Å². The molecule has 0 bridgehead atoms. The van der Waals surface area contributed by atoms with E-state index in [1.807, 2.05) is 56.3 Å². The third-order valence-electron chi connectivity index (χ3n) is 2.89. The number of aromatic hydroxyl groups is 1. The molecule has 3 heteroatoms. The zero-order valence-corrected chi connectivity index (χ0v) is 11.1. The first-order chi connectivity index (χ1) is 9.16. The van der Waals surface area contributed by atoms with E-state index in [-0.39, 0.29) is 0 Å². The molecule has 2 aromatic carbocycles. The average molecular weight is 255 g/mol. The molecule has 98 valence electrons. The van der Waals surface area contributed by atoms with Crippen LogP contribution in [0.4, 0.5) is 0 Å². The molecule has 19 heavy (non-hydrogen) atoms. The van der Waals surface area contributed by atoms with Gasteiger partial charge < -0.3 is 9.94 Å². The highest BCUT2D eigenvalue weighted by atomic mass is 16.6. The van der Waals surface area contributed by atoms with Gasteiger partial charge in [-0.3, -0.25) is 0 Å². The summed E-state index contributed by atoms with van der Waals surface area (Å²) in [6.45, 7) is 4.20. The molecular formula is C16H17NO2. The fraction of sp³-hybridized carbons (Fsp3) is 0.188. The molecule has 0 radical (unpaired) electrons. The summed E-state index contributed by atoms with van der Waals surface area (Å²) in [4.78, 5) is 5.33. The fourth-order valence-corrected chi connectivity index (χ4v) is 1.71. The number of phenols is 1. The van der Waals surface area contributed by atoms with Gasteiger partial charge in [0.25, 0.3) is 0 Å². The van der Waals surface area contributed by atoms with Crippen molar-refractivity contribution in [2.75, 3.05) is 0 Å². The topological polar surface area (TPSA) is 41.8 Å². The smallest absolute Gasteiger partial charge is 0.142 e. The molecule has 2 aromatic rings. The van der Waals surface area contributed by atoms with Gasteiger partial charge in [0.05, 0.1) is 5.71 Å². The Morgan fingerprint density at radius 2 is 1.89 bits per heavy atom. The summed E-state index contributed by atoms with van der Waals surface area (Å²) in [6, 6.07) is 15.3. The Hall–Kier alpha value is -2.29. The van der Waals surface area contributed by atoms with Crippen molar-refractivity contribution in [1.29, 1.82) is 0 Å². The predicted molar refractivity (Wildman–Crippen MR) is 76.3 cm³/mol. The quantitative estimate of drug-likeness (QED) is 0.669. The van der Waals surface area contributed by atoms with Gasteiger partial charge in [0.1, 0.15) is 12.4 Å². The highest BCUT2D eigenvalue weighted by molar-refractivity contribution is 5.98. The molecule has 0 saturated carbocycles. The minimum Gasteiger partial charge on any atom is -0.508 e. The van der Waals surface area contributed by atoms with Crippen molar-refractivity contribution in [3.05, 3.63) is 65.2 Å². The van der Waals surface area contributed by atoms with E-state index in [1.54, 1.807) is 6.07 Å². The molecule has 0 amide bonds. The number of hydrogen-bond donors (Lipinski definition) is 1. The first kappa shape index (κ1) is 13.1. The molecule has 3 nitrogen and oxygen atoms in total. The standard InChI is InChI=1S/C16H17NO2/c1-12-10-15(8-9-16(12)18)13(2)17-19-11-14-6-4-3-5-7-14/h3-10,18H,11H2,1-2H3/b17-13-. The van der Waals surface area contributed by atoms with Gasteiger partial charge in [0.2, 0.25) is 0 Å². The number of rotatable bonds is 4. The number of nitrogens with zero attached hydrogens (tertiary/aromatic N) is 1. The van der Waals surface area contributed by atoms with Crippen molar-refractivity contribution in [1.82, 2.24) is 0 Å². The largest absolute Gasteiger partial charge is 0.508 e. The maximum Gasteiger partial charge on any atom is 0.142 e. The van der Waals surface area contributed by atoms with Crippen LogP contribution in [-0.2, 0) is 11.4 Å². The molecule has 0 aliphatic carbocycles. The molecule has 1 N–H and O–H groups in total. The second-order valence-electron chi connectivity index (χ2n) is 4.44. The number of benzene rings is 2. The lowest BCUT2D eigenvalue weighted by molar-refractivity contribution is 0.130. The number of hydrogen-bond acceptors (Lipinski definition) is 3. The van der Waals surface area contributed by atoms with Gasteiger partial charge in [-0.15, -0.1) is 0 Å². The van der Waals surface area contributed by atoms with Crippen LogP contribution < -0.4 is 0 Å². The molecule has 0 saturated heterocycles. The number of oxime groups is 1. The summed E-state index contributed by atoms with van der Waals surface area (Å²) >= 11 is 0. The maximum atomic E-state index is 9.48. The highest BCUT2D eigenvalue weighted by Crippen LogP contribution is 2.17. The average Bonchev–Trinajstić information content (AvgIpc) is 2.43. The normalized spacial score (nSPS) is 11.4. The van der Waals surface area contributed by atoms with E-state index < -0.39 is 0 Å². The second kappa shape index (κ2) is 6.05. The van der Waals surface area contributed by atoms with Crippen LogP contribution in [0.25, 0.3) is 0 Å².